The molecule has 17 heavy (non-hydrogen) atoms. The highest BCUT2D eigenvalue weighted by Gasteiger charge is 2.27. The van der Waals surface area contributed by atoms with Gasteiger partial charge in [-0.15, -0.1) is 5.10 Å². The number of aromatic nitrogens is 6. The molecular weight excluding hydrogens is 220 g/mol. The average Bonchev–Trinajstić information content (AvgIpc) is 2.83. The minimum atomic E-state index is -0.166. The van der Waals surface area contributed by atoms with Crippen LogP contribution in [0.3, 0.4) is 0 Å². The number of rotatable bonds is 2. The summed E-state index contributed by atoms with van der Waals surface area (Å²) in [5.74, 6) is 1.92. The van der Waals surface area contributed by atoms with E-state index in [0.717, 1.165) is 5.82 Å². The van der Waals surface area contributed by atoms with Crippen molar-refractivity contribution >= 4 is 0 Å². The van der Waals surface area contributed by atoms with Crippen LogP contribution in [0.1, 0.15) is 51.3 Å². The van der Waals surface area contributed by atoms with Gasteiger partial charge in [-0.1, -0.05) is 25.9 Å². The lowest BCUT2D eigenvalue weighted by Gasteiger charge is -2.19. The van der Waals surface area contributed by atoms with Crippen molar-refractivity contribution in [3.05, 3.63) is 17.5 Å². The van der Waals surface area contributed by atoms with Crippen LogP contribution in [0.2, 0.25) is 0 Å². The standard InChI is InChI=1S/C10H16N6O/c1-6(8-11-7(2)13-17-8)16-9(10(3,4)5)12-14-15-16/h6H,1-5H3. The van der Waals surface area contributed by atoms with E-state index in [-0.39, 0.29) is 11.5 Å². The average molecular weight is 236 g/mol. The maximum atomic E-state index is 5.14. The molecule has 7 heteroatoms. The Balaban J connectivity index is 2.38. The molecule has 0 spiro atoms. The minimum Gasteiger partial charge on any atom is -0.337 e. The Morgan fingerprint density at radius 2 is 2.00 bits per heavy atom. The highest BCUT2D eigenvalue weighted by molar-refractivity contribution is 5.03. The Hall–Kier alpha value is -1.79. The smallest absolute Gasteiger partial charge is 0.251 e. The van der Waals surface area contributed by atoms with Crippen LogP contribution in [0.25, 0.3) is 0 Å². The summed E-state index contributed by atoms with van der Waals surface area (Å²) < 4.78 is 6.86. The maximum Gasteiger partial charge on any atom is 0.251 e. The molecule has 0 aromatic carbocycles. The van der Waals surface area contributed by atoms with Crippen molar-refractivity contribution in [2.75, 3.05) is 0 Å². The molecule has 7 nitrogen and oxygen atoms in total. The van der Waals surface area contributed by atoms with Crippen LogP contribution in [0.15, 0.2) is 4.52 Å². The van der Waals surface area contributed by atoms with Crippen molar-refractivity contribution in [3.63, 3.8) is 0 Å². The monoisotopic (exact) mass is 236 g/mol. The molecule has 0 amide bonds. The van der Waals surface area contributed by atoms with Crippen LogP contribution in [0.4, 0.5) is 0 Å². The fourth-order valence-corrected chi connectivity index (χ4v) is 1.54. The van der Waals surface area contributed by atoms with E-state index in [1.54, 1.807) is 11.6 Å². The van der Waals surface area contributed by atoms with Crippen molar-refractivity contribution < 1.29 is 4.52 Å². The topological polar surface area (TPSA) is 82.5 Å². The van der Waals surface area contributed by atoms with Crippen molar-refractivity contribution in [1.29, 1.82) is 0 Å². The van der Waals surface area contributed by atoms with Crippen molar-refractivity contribution in [2.45, 2.75) is 46.1 Å². The summed E-state index contributed by atoms with van der Waals surface area (Å²) in [5, 5.41) is 15.5. The molecule has 2 heterocycles. The quantitative estimate of drug-likeness (QED) is 0.780. The number of tetrazole rings is 1. The minimum absolute atomic E-state index is 0.132. The van der Waals surface area contributed by atoms with E-state index in [0.29, 0.717) is 11.7 Å². The van der Waals surface area contributed by atoms with Gasteiger partial charge in [0.05, 0.1) is 0 Å². The van der Waals surface area contributed by atoms with Gasteiger partial charge in [-0.25, -0.2) is 4.68 Å². The van der Waals surface area contributed by atoms with E-state index in [9.17, 15) is 0 Å². The first kappa shape index (κ1) is 11.7. The second-order valence-corrected chi connectivity index (χ2v) is 5.05. The molecule has 0 N–H and O–H groups in total. The zero-order valence-electron chi connectivity index (χ0n) is 10.7. The van der Waals surface area contributed by atoms with Crippen LogP contribution < -0.4 is 0 Å². The summed E-state index contributed by atoms with van der Waals surface area (Å²) in [5.41, 5.74) is -0.132. The summed E-state index contributed by atoms with van der Waals surface area (Å²) >= 11 is 0. The van der Waals surface area contributed by atoms with Crippen LogP contribution >= 0.6 is 0 Å². The third kappa shape index (κ3) is 2.17. The largest absolute Gasteiger partial charge is 0.337 e. The number of hydrogen-bond donors (Lipinski definition) is 0. The molecule has 1 unspecified atom stereocenters. The fourth-order valence-electron chi connectivity index (χ4n) is 1.54. The van der Waals surface area contributed by atoms with Gasteiger partial charge in [0.15, 0.2) is 11.6 Å². The molecule has 0 radical (unpaired) electrons. The Labute approximate surface area is 99.2 Å². The van der Waals surface area contributed by atoms with Gasteiger partial charge < -0.3 is 4.52 Å². The van der Waals surface area contributed by atoms with Gasteiger partial charge >= 0.3 is 0 Å². The fraction of sp³-hybridized carbons (Fsp3) is 0.700. The Morgan fingerprint density at radius 3 is 2.53 bits per heavy atom. The lowest BCUT2D eigenvalue weighted by Crippen LogP contribution is -2.22. The van der Waals surface area contributed by atoms with E-state index in [2.05, 4.69) is 46.4 Å². The number of hydrogen-bond acceptors (Lipinski definition) is 6. The summed E-state index contributed by atoms with van der Waals surface area (Å²) in [7, 11) is 0. The predicted molar refractivity (Wildman–Crippen MR) is 59.4 cm³/mol. The molecule has 0 aliphatic carbocycles. The van der Waals surface area contributed by atoms with E-state index >= 15 is 0 Å². The summed E-state index contributed by atoms with van der Waals surface area (Å²) in [6.45, 7) is 9.88. The molecule has 2 aromatic heterocycles. The molecule has 0 fully saturated rings. The Morgan fingerprint density at radius 1 is 1.29 bits per heavy atom. The SMILES string of the molecule is Cc1noc(C(C)n2nnnc2C(C)(C)C)n1. The molecule has 0 aliphatic heterocycles. The maximum absolute atomic E-state index is 5.14. The third-order valence-electron chi connectivity index (χ3n) is 2.43. The Kier molecular flexibility index (Phi) is 2.68. The molecule has 1 atom stereocenters. The third-order valence-corrected chi connectivity index (χ3v) is 2.43. The van der Waals surface area contributed by atoms with Crippen LogP contribution in [-0.4, -0.2) is 30.3 Å². The van der Waals surface area contributed by atoms with Crippen LogP contribution in [-0.2, 0) is 5.41 Å². The predicted octanol–water partition coefficient (Wildman–Crippen LogP) is 1.27. The summed E-state index contributed by atoms with van der Waals surface area (Å²) in [6.07, 6.45) is 0. The molecular formula is C10H16N6O. The highest BCUT2D eigenvalue weighted by Crippen LogP contribution is 2.23. The van der Waals surface area contributed by atoms with Crippen molar-refractivity contribution in [3.8, 4) is 0 Å². The Bertz CT molecular complexity index is 509. The molecule has 0 aliphatic rings. The second-order valence-electron chi connectivity index (χ2n) is 5.05. The van der Waals surface area contributed by atoms with Gasteiger partial charge in [0, 0.05) is 5.41 Å². The van der Waals surface area contributed by atoms with Gasteiger partial charge in [-0.05, 0) is 24.3 Å². The van der Waals surface area contributed by atoms with Gasteiger partial charge in [0.1, 0.15) is 6.04 Å². The molecule has 0 saturated heterocycles. The van der Waals surface area contributed by atoms with E-state index in [1.807, 2.05) is 6.92 Å². The van der Waals surface area contributed by atoms with Crippen LogP contribution in [0.5, 0.6) is 0 Å². The zero-order valence-corrected chi connectivity index (χ0v) is 10.7. The first-order valence-electron chi connectivity index (χ1n) is 5.48. The van der Waals surface area contributed by atoms with Crippen molar-refractivity contribution in [2.24, 2.45) is 0 Å². The van der Waals surface area contributed by atoms with Crippen molar-refractivity contribution in [1.82, 2.24) is 30.3 Å². The number of nitrogens with zero attached hydrogens (tertiary/aromatic N) is 6. The van der Waals surface area contributed by atoms with Gasteiger partial charge in [0.2, 0.25) is 0 Å². The molecule has 0 saturated carbocycles. The molecule has 2 aromatic rings. The normalized spacial score (nSPS) is 13.9. The van der Waals surface area contributed by atoms with E-state index in [4.69, 9.17) is 4.52 Å². The number of aryl methyl sites for hydroxylation is 1. The molecule has 92 valence electrons. The van der Waals surface area contributed by atoms with Crippen LogP contribution in [0, 0.1) is 6.92 Å². The lowest BCUT2D eigenvalue weighted by atomic mass is 9.95. The van der Waals surface area contributed by atoms with E-state index < -0.39 is 0 Å². The van der Waals surface area contributed by atoms with Gasteiger partial charge in [-0.2, -0.15) is 4.98 Å². The molecule has 0 bridgehead atoms. The van der Waals surface area contributed by atoms with Gasteiger partial charge in [-0.3, -0.25) is 0 Å². The first-order chi connectivity index (χ1) is 7.89. The summed E-state index contributed by atoms with van der Waals surface area (Å²) in [6, 6.07) is -0.166. The van der Waals surface area contributed by atoms with Gasteiger partial charge in [0.25, 0.3) is 5.89 Å². The molecule has 2 rings (SSSR count). The lowest BCUT2D eigenvalue weighted by molar-refractivity contribution is 0.321. The zero-order chi connectivity index (χ0) is 12.6. The second kappa shape index (κ2) is 3.90. The summed E-state index contributed by atoms with van der Waals surface area (Å²) in [4.78, 5) is 4.20. The highest BCUT2D eigenvalue weighted by atomic mass is 16.5. The first-order valence-corrected chi connectivity index (χ1v) is 5.48. The van der Waals surface area contributed by atoms with E-state index in [1.165, 1.54) is 0 Å².